The molecule has 94 valence electrons. The van der Waals surface area contributed by atoms with Crippen LogP contribution in [0.2, 0.25) is 0 Å². The van der Waals surface area contributed by atoms with Gasteiger partial charge >= 0.3 is 5.97 Å². The van der Waals surface area contributed by atoms with E-state index in [1.165, 1.54) is 0 Å². The molecule has 0 amide bonds. The van der Waals surface area contributed by atoms with E-state index >= 15 is 0 Å². The molecule has 0 heterocycles. The Labute approximate surface area is 104 Å². The maximum atomic E-state index is 12.0. The van der Waals surface area contributed by atoms with Gasteiger partial charge in [-0.1, -0.05) is 32.9 Å². The van der Waals surface area contributed by atoms with Gasteiger partial charge in [0.15, 0.2) is 0 Å². The minimum atomic E-state index is -1.47. The molecular formula is C13H18O3S. The van der Waals surface area contributed by atoms with E-state index in [0.717, 1.165) is 5.56 Å². The van der Waals surface area contributed by atoms with Gasteiger partial charge in [0, 0.05) is 4.90 Å². The Morgan fingerprint density at radius 3 is 2.18 bits per heavy atom. The Morgan fingerprint density at radius 2 is 1.82 bits per heavy atom. The Bertz CT molecular complexity index is 409. The van der Waals surface area contributed by atoms with Crippen LogP contribution in [0.4, 0.5) is 0 Å². The number of rotatable bonds is 5. The van der Waals surface area contributed by atoms with Crippen LogP contribution < -0.4 is 0 Å². The van der Waals surface area contributed by atoms with Gasteiger partial charge in [-0.25, -0.2) is 0 Å². The van der Waals surface area contributed by atoms with Crippen molar-refractivity contribution in [3.63, 3.8) is 0 Å². The Morgan fingerprint density at radius 1 is 1.29 bits per heavy atom. The molecule has 1 aromatic carbocycles. The van der Waals surface area contributed by atoms with E-state index < -0.39 is 22.0 Å². The lowest BCUT2D eigenvalue weighted by molar-refractivity contribution is -0.136. The van der Waals surface area contributed by atoms with Crippen LogP contribution in [0.3, 0.4) is 0 Å². The van der Waals surface area contributed by atoms with Crippen molar-refractivity contribution in [2.24, 2.45) is 0 Å². The molecule has 0 saturated carbocycles. The second-order valence-corrected chi connectivity index (χ2v) is 5.89. The highest BCUT2D eigenvalue weighted by atomic mass is 32.2. The summed E-state index contributed by atoms with van der Waals surface area (Å²) < 4.78 is 12.0. The van der Waals surface area contributed by atoms with Crippen LogP contribution in [0, 0.1) is 0 Å². The van der Waals surface area contributed by atoms with Crippen LogP contribution in [0.1, 0.15) is 38.7 Å². The zero-order chi connectivity index (χ0) is 13.0. The minimum absolute atomic E-state index is 0.369. The van der Waals surface area contributed by atoms with Crippen molar-refractivity contribution < 1.29 is 14.1 Å². The largest absolute Gasteiger partial charge is 0.480 e. The fourth-order valence-corrected chi connectivity index (χ4v) is 2.79. The minimum Gasteiger partial charge on any atom is -0.480 e. The lowest BCUT2D eigenvalue weighted by Crippen LogP contribution is -2.24. The second kappa shape index (κ2) is 5.96. The average molecular weight is 254 g/mol. The summed E-state index contributed by atoms with van der Waals surface area (Å²) in [7, 11) is -1.47. The molecule has 2 atom stereocenters. The topological polar surface area (TPSA) is 54.4 Å². The van der Waals surface area contributed by atoms with Gasteiger partial charge < -0.3 is 5.11 Å². The summed E-state index contributed by atoms with van der Waals surface area (Å²) in [6.45, 7) is 5.90. The van der Waals surface area contributed by atoms with E-state index in [2.05, 4.69) is 13.8 Å². The zero-order valence-corrected chi connectivity index (χ0v) is 11.2. The monoisotopic (exact) mass is 254 g/mol. The van der Waals surface area contributed by atoms with Crippen molar-refractivity contribution in [2.75, 3.05) is 0 Å². The highest BCUT2D eigenvalue weighted by Crippen LogP contribution is 2.19. The SMILES string of the molecule is CCC(C(=O)O)S(=O)c1ccc(C(C)C)cc1. The summed E-state index contributed by atoms with van der Waals surface area (Å²) in [4.78, 5) is 11.5. The van der Waals surface area contributed by atoms with Crippen molar-refractivity contribution in [3.05, 3.63) is 29.8 Å². The third-order valence-corrected chi connectivity index (χ3v) is 4.47. The van der Waals surface area contributed by atoms with E-state index in [1.807, 2.05) is 12.1 Å². The summed E-state index contributed by atoms with van der Waals surface area (Å²) in [5, 5.41) is 8.14. The summed E-state index contributed by atoms with van der Waals surface area (Å²) in [5.74, 6) is -0.585. The van der Waals surface area contributed by atoms with Gasteiger partial charge in [-0.05, 0) is 30.0 Å². The van der Waals surface area contributed by atoms with E-state index in [-0.39, 0.29) is 0 Å². The lowest BCUT2D eigenvalue weighted by atomic mass is 10.0. The molecule has 0 aliphatic heterocycles. The number of hydrogen-bond donors (Lipinski definition) is 1. The molecule has 0 fully saturated rings. The molecule has 0 bridgehead atoms. The first-order valence-electron chi connectivity index (χ1n) is 5.70. The van der Waals surface area contributed by atoms with Crippen LogP contribution in [0.5, 0.6) is 0 Å². The third kappa shape index (κ3) is 3.40. The quantitative estimate of drug-likeness (QED) is 0.879. The first-order chi connectivity index (χ1) is 7.97. The molecule has 0 aliphatic carbocycles. The number of aliphatic carboxylic acids is 1. The van der Waals surface area contributed by atoms with E-state index in [9.17, 15) is 9.00 Å². The molecule has 1 rings (SSSR count). The van der Waals surface area contributed by atoms with Crippen LogP contribution in [-0.4, -0.2) is 20.5 Å². The number of benzene rings is 1. The van der Waals surface area contributed by atoms with Crippen molar-refractivity contribution >= 4 is 16.8 Å². The maximum absolute atomic E-state index is 12.0. The van der Waals surface area contributed by atoms with Crippen LogP contribution in [-0.2, 0) is 15.6 Å². The molecule has 1 aromatic rings. The van der Waals surface area contributed by atoms with Crippen molar-refractivity contribution in [3.8, 4) is 0 Å². The zero-order valence-electron chi connectivity index (χ0n) is 10.3. The molecule has 0 saturated heterocycles. The highest BCUT2D eigenvalue weighted by molar-refractivity contribution is 7.86. The first kappa shape index (κ1) is 13.9. The summed E-state index contributed by atoms with van der Waals surface area (Å²) >= 11 is 0. The molecular weight excluding hydrogens is 236 g/mol. The molecule has 0 radical (unpaired) electrons. The highest BCUT2D eigenvalue weighted by Gasteiger charge is 2.23. The second-order valence-electron chi connectivity index (χ2n) is 4.26. The molecule has 4 heteroatoms. The van der Waals surface area contributed by atoms with Crippen molar-refractivity contribution in [1.29, 1.82) is 0 Å². The predicted octanol–water partition coefficient (Wildman–Crippen LogP) is 2.78. The molecule has 0 aromatic heterocycles. The van der Waals surface area contributed by atoms with Gasteiger partial charge in [-0.2, -0.15) is 0 Å². The molecule has 0 spiro atoms. The molecule has 2 unspecified atom stereocenters. The van der Waals surface area contributed by atoms with Crippen LogP contribution >= 0.6 is 0 Å². The molecule has 0 aliphatic rings. The molecule has 1 N–H and O–H groups in total. The van der Waals surface area contributed by atoms with E-state index in [4.69, 9.17) is 5.11 Å². The predicted molar refractivity (Wildman–Crippen MR) is 68.7 cm³/mol. The van der Waals surface area contributed by atoms with Gasteiger partial charge in [-0.3, -0.25) is 9.00 Å². The average Bonchev–Trinajstić information content (AvgIpc) is 2.29. The van der Waals surface area contributed by atoms with Gasteiger partial charge in [0.1, 0.15) is 5.25 Å². The van der Waals surface area contributed by atoms with Gasteiger partial charge in [0.2, 0.25) is 0 Å². The Kier molecular flexibility index (Phi) is 4.87. The van der Waals surface area contributed by atoms with Crippen LogP contribution in [0.15, 0.2) is 29.2 Å². The van der Waals surface area contributed by atoms with Crippen LogP contribution in [0.25, 0.3) is 0 Å². The van der Waals surface area contributed by atoms with Crippen molar-refractivity contribution in [2.45, 2.75) is 43.3 Å². The fraction of sp³-hybridized carbons (Fsp3) is 0.462. The fourth-order valence-electron chi connectivity index (χ4n) is 1.57. The summed E-state index contributed by atoms with van der Waals surface area (Å²) in [6.07, 6.45) is 0.369. The summed E-state index contributed by atoms with van der Waals surface area (Å²) in [6, 6.07) is 7.34. The third-order valence-electron chi connectivity index (χ3n) is 2.68. The lowest BCUT2D eigenvalue weighted by Gasteiger charge is -2.11. The number of carboxylic acids is 1. The maximum Gasteiger partial charge on any atom is 0.319 e. The van der Waals surface area contributed by atoms with Gasteiger partial charge in [0.25, 0.3) is 0 Å². The Balaban J connectivity index is 2.93. The number of carbonyl (C=O) groups is 1. The first-order valence-corrected chi connectivity index (χ1v) is 6.92. The summed E-state index contributed by atoms with van der Waals surface area (Å²) in [5.41, 5.74) is 1.16. The number of carboxylic acid groups (broad SMARTS) is 1. The van der Waals surface area contributed by atoms with E-state index in [0.29, 0.717) is 17.2 Å². The normalized spacial score (nSPS) is 14.6. The van der Waals surface area contributed by atoms with Crippen molar-refractivity contribution in [1.82, 2.24) is 0 Å². The standard InChI is InChI=1S/C13H18O3S/c1-4-12(13(14)15)17(16)11-7-5-10(6-8-11)9(2)3/h5-9,12H,4H2,1-3H3,(H,14,15). The van der Waals surface area contributed by atoms with Gasteiger partial charge in [0.05, 0.1) is 10.8 Å². The molecule has 17 heavy (non-hydrogen) atoms. The number of hydrogen-bond acceptors (Lipinski definition) is 2. The Hall–Kier alpha value is -1.16. The molecule has 3 nitrogen and oxygen atoms in total. The smallest absolute Gasteiger partial charge is 0.319 e. The van der Waals surface area contributed by atoms with Gasteiger partial charge in [-0.15, -0.1) is 0 Å². The van der Waals surface area contributed by atoms with E-state index in [1.54, 1.807) is 19.1 Å².